The van der Waals surface area contributed by atoms with Crippen molar-refractivity contribution in [2.45, 2.75) is 13.8 Å². The molecule has 0 saturated carbocycles. The van der Waals surface area contributed by atoms with Crippen LogP contribution < -0.4 is 10.6 Å². The number of benzene rings is 1. The van der Waals surface area contributed by atoms with Crippen LogP contribution in [-0.4, -0.2) is 18.4 Å². The Hall–Kier alpha value is -2.82. The van der Waals surface area contributed by atoms with Gasteiger partial charge in [-0.15, -0.1) is 0 Å². The molecular weight excluding hydrogens is 280 g/mol. The van der Waals surface area contributed by atoms with Crippen molar-refractivity contribution in [1.82, 2.24) is 5.32 Å². The second-order valence-corrected chi connectivity index (χ2v) is 4.71. The molecule has 0 radical (unpaired) electrons. The number of hydrogen-bond acceptors (Lipinski definition) is 3. The van der Waals surface area contributed by atoms with E-state index in [1.165, 1.54) is 6.08 Å². The van der Waals surface area contributed by atoms with E-state index in [1.807, 2.05) is 19.9 Å². The fourth-order valence-corrected chi connectivity index (χ4v) is 1.89. The highest BCUT2D eigenvalue weighted by molar-refractivity contribution is 6.03. The average Bonchev–Trinajstić information content (AvgIpc) is 2.91. The quantitative estimate of drug-likeness (QED) is 0.834. The molecule has 114 valence electrons. The zero-order valence-electron chi connectivity index (χ0n) is 12.6. The number of hydrogen-bond donors (Lipinski definition) is 2. The average molecular weight is 298 g/mol. The van der Waals surface area contributed by atoms with E-state index in [4.69, 9.17) is 4.42 Å². The standard InChI is InChI=1S/C17H18N2O3/c1-3-18-17(21)13-5-4-6-14(11-13)19-16(20)10-9-15-8-7-12(2)22-15/h4-11H,3H2,1-2H3,(H,18,21)(H,19,20). The highest BCUT2D eigenvalue weighted by Crippen LogP contribution is 2.12. The monoisotopic (exact) mass is 298 g/mol. The summed E-state index contributed by atoms with van der Waals surface area (Å²) in [7, 11) is 0. The first kappa shape index (κ1) is 15.6. The number of carbonyl (C=O) groups excluding carboxylic acids is 2. The Morgan fingerprint density at radius 2 is 2.05 bits per heavy atom. The summed E-state index contributed by atoms with van der Waals surface area (Å²) >= 11 is 0. The summed E-state index contributed by atoms with van der Waals surface area (Å²) in [5.41, 5.74) is 1.07. The van der Waals surface area contributed by atoms with Gasteiger partial charge in [0.25, 0.3) is 5.91 Å². The summed E-state index contributed by atoms with van der Waals surface area (Å²) in [6.45, 7) is 4.25. The minimum Gasteiger partial charge on any atom is -0.462 e. The normalized spacial score (nSPS) is 10.6. The van der Waals surface area contributed by atoms with Crippen molar-refractivity contribution in [2.75, 3.05) is 11.9 Å². The lowest BCUT2D eigenvalue weighted by molar-refractivity contribution is -0.111. The molecule has 2 rings (SSSR count). The maximum atomic E-state index is 11.9. The predicted molar refractivity (Wildman–Crippen MR) is 85.6 cm³/mol. The largest absolute Gasteiger partial charge is 0.462 e. The highest BCUT2D eigenvalue weighted by Gasteiger charge is 2.05. The van der Waals surface area contributed by atoms with Crippen LogP contribution in [0.4, 0.5) is 5.69 Å². The second kappa shape index (κ2) is 7.26. The van der Waals surface area contributed by atoms with E-state index in [-0.39, 0.29) is 11.8 Å². The van der Waals surface area contributed by atoms with Gasteiger partial charge in [-0.25, -0.2) is 0 Å². The molecule has 0 aliphatic rings. The summed E-state index contributed by atoms with van der Waals surface area (Å²) in [5, 5.41) is 5.42. The Balaban J connectivity index is 2.01. The minimum atomic E-state index is -0.290. The molecule has 2 aromatic rings. The maximum absolute atomic E-state index is 11.9. The van der Waals surface area contributed by atoms with Gasteiger partial charge in [0.1, 0.15) is 11.5 Å². The van der Waals surface area contributed by atoms with E-state index in [9.17, 15) is 9.59 Å². The molecule has 1 aromatic carbocycles. The number of amides is 2. The zero-order valence-corrected chi connectivity index (χ0v) is 12.6. The van der Waals surface area contributed by atoms with E-state index in [0.29, 0.717) is 23.6 Å². The van der Waals surface area contributed by atoms with Gasteiger partial charge in [0.05, 0.1) is 0 Å². The molecule has 0 fully saturated rings. The van der Waals surface area contributed by atoms with Gasteiger partial charge < -0.3 is 15.1 Å². The third kappa shape index (κ3) is 4.34. The van der Waals surface area contributed by atoms with Crippen LogP contribution in [0.5, 0.6) is 0 Å². The SMILES string of the molecule is CCNC(=O)c1cccc(NC(=O)C=Cc2ccc(C)o2)c1. The molecular formula is C17H18N2O3. The molecule has 1 heterocycles. The minimum absolute atomic E-state index is 0.166. The van der Waals surface area contributed by atoms with Crippen LogP contribution in [-0.2, 0) is 4.79 Å². The number of aryl methyl sites for hydroxylation is 1. The van der Waals surface area contributed by atoms with Crippen molar-refractivity contribution in [1.29, 1.82) is 0 Å². The maximum Gasteiger partial charge on any atom is 0.251 e. The smallest absolute Gasteiger partial charge is 0.251 e. The molecule has 0 bridgehead atoms. The Kier molecular flexibility index (Phi) is 5.14. The number of anilines is 1. The van der Waals surface area contributed by atoms with Gasteiger partial charge in [0.2, 0.25) is 5.91 Å². The van der Waals surface area contributed by atoms with Gasteiger partial charge in [-0.3, -0.25) is 9.59 Å². The molecule has 1 aromatic heterocycles. The van der Waals surface area contributed by atoms with Gasteiger partial charge in [-0.05, 0) is 50.3 Å². The molecule has 5 nitrogen and oxygen atoms in total. The van der Waals surface area contributed by atoms with Crippen molar-refractivity contribution in [3.8, 4) is 0 Å². The number of nitrogens with one attached hydrogen (secondary N) is 2. The first-order valence-electron chi connectivity index (χ1n) is 7.02. The van der Waals surface area contributed by atoms with E-state index >= 15 is 0 Å². The molecule has 0 aliphatic heterocycles. The molecule has 22 heavy (non-hydrogen) atoms. The number of carbonyl (C=O) groups is 2. The van der Waals surface area contributed by atoms with Gasteiger partial charge in [-0.1, -0.05) is 6.07 Å². The molecule has 0 atom stereocenters. The Morgan fingerprint density at radius 1 is 1.23 bits per heavy atom. The van der Waals surface area contributed by atoms with Gasteiger partial charge >= 0.3 is 0 Å². The zero-order chi connectivity index (χ0) is 15.9. The lowest BCUT2D eigenvalue weighted by Crippen LogP contribution is -2.22. The summed E-state index contributed by atoms with van der Waals surface area (Å²) < 4.78 is 5.34. The molecule has 2 N–H and O–H groups in total. The Morgan fingerprint density at radius 3 is 2.73 bits per heavy atom. The first-order chi connectivity index (χ1) is 10.6. The lowest BCUT2D eigenvalue weighted by Gasteiger charge is -2.05. The van der Waals surface area contributed by atoms with Gasteiger partial charge in [0, 0.05) is 23.9 Å². The van der Waals surface area contributed by atoms with Crippen molar-refractivity contribution >= 4 is 23.6 Å². The van der Waals surface area contributed by atoms with Gasteiger partial charge in [-0.2, -0.15) is 0 Å². The van der Waals surface area contributed by atoms with Crippen molar-refractivity contribution in [3.63, 3.8) is 0 Å². The predicted octanol–water partition coefficient (Wildman–Crippen LogP) is 2.99. The van der Waals surface area contributed by atoms with Crippen molar-refractivity contribution < 1.29 is 14.0 Å². The molecule has 0 aliphatic carbocycles. The molecule has 2 amide bonds. The van der Waals surface area contributed by atoms with Crippen molar-refractivity contribution in [2.24, 2.45) is 0 Å². The molecule has 0 spiro atoms. The molecule has 5 heteroatoms. The number of furan rings is 1. The number of rotatable bonds is 5. The molecule has 0 saturated heterocycles. The van der Waals surface area contributed by atoms with Crippen LogP contribution in [0.1, 0.15) is 28.8 Å². The third-order valence-corrected chi connectivity index (χ3v) is 2.89. The first-order valence-corrected chi connectivity index (χ1v) is 7.02. The van der Waals surface area contributed by atoms with Crippen LogP contribution >= 0.6 is 0 Å². The Bertz CT molecular complexity index is 701. The van der Waals surface area contributed by atoms with Crippen LogP contribution in [0, 0.1) is 6.92 Å². The van der Waals surface area contributed by atoms with Crippen LogP contribution in [0.2, 0.25) is 0 Å². The van der Waals surface area contributed by atoms with Gasteiger partial charge in [0.15, 0.2) is 0 Å². The van der Waals surface area contributed by atoms with Crippen molar-refractivity contribution in [3.05, 3.63) is 59.6 Å². The summed E-state index contributed by atoms with van der Waals surface area (Å²) in [6.07, 6.45) is 2.98. The van der Waals surface area contributed by atoms with E-state index in [0.717, 1.165) is 5.76 Å². The van der Waals surface area contributed by atoms with Crippen LogP contribution in [0.3, 0.4) is 0 Å². The third-order valence-electron chi connectivity index (χ3n) is 2.89. The van der Waals surface area contributed by atoms with Crippen LogP contribution in [0.25, 0.3) is 6.08 Å². The van der Waals surface area contributed by atoms with E-state index < -0.39 is 0 Å². The highest BCUT2D eigenvalue weighted by atomic mass is 16.3. The fraction of sp³-hybridized carbons (Fsp3) is 0.176. The lowest BCUT2D eigenvalue weighted by atomic mass is 10.2. The second-order valence-electron chi connectivity index (χ2n) is 4.71. The summed E-state index contributed by atoms with van der Waals surface area (Å²) in [5.74, 6) is 0.945. The summed E-state index contributed by atoms with van der Waals surface area (Å²) in [4.78, 5) is 23.6. The van der Waals surface area contributed by atoms with E-state index in [1.54, 1.807) is 36.4 Å². The fourth-order valence-electron chi connectivity index (χ4n) is 1.89. The van der Waals surface area contributed by atoms with E-state index in [2.05, 4.69) is 10.6 Å². The molecule has 0 unspecified atom stereocenters. The summed E-state index contributed by atoms with van der Waals surface area (Å²) in [6, 6.07) is 10.4. The Labute approximate surface area is 129 Å². The van der Waals surface area contributed by atoms with Crippen LogP contribution in [0.15, 0.2) is 46.9 Å². The topological polar surface area (TPSA) is 71.3 Å².